The lowest BCUT2D eigenvalue weighted by molar-refractivity contribution is -0.139. The van der Waals surface area contributed by atoms with Crippen molar-refractivity contribution in [3.63, 3.8) is 0 Å². The van der Waals surface area contributed by atoms with Crippen LogP contribution >= 0.6 is 22.9 Å². The average molecular weight is 408 g/mol. The number of benzene rings is 1. The van der Waals surface area contributed by atoms with Gasteiger partial charge in [0.25, 0.3) is 0 Å². The van der Waals surface area contributed by atoms with Crippen LogP contribution < -0.4 is 5.32 Å². The molecule has 5 nitrogen and oxygen atoms in total. The number of hydrogen-bond donors (Lipinski definition) is 1. The zero-order valence-corrected chi connectivity index (χ0v) is 16.4. The van der Waals surface area contributed by atoms with Crippen LogP contribution in [-0.2, 0) is 16.0 Å². The van der Waals surface area contributed by atoms with Gasteiger partial charge in [0.15, 0.2) is 4.96 Å². The van der Waals surface area contributed by atoms with Crippen LogP contribution in [-0.4, -0.2) is 28.5 Å². The number of nitrogens with zero attached hydrogens (tertiary/aromatic N) is 2. The van der Waals surface area contributed by atoms with E-state index >= 15 is 0 Å². The Morgan fingerprint density at radius 2 is 2.22 bits per heavy atom. The predicted molar refractivity (Wildman–Crippen MR) is 105 cm³/mol. The number of carbonyl (C=O) groups excluding carboxylic acids is 1. The monoisotopic (exact) mass is 407 g/mol. The number of rotatable bonds is 5. The number of aromatic nitrogens is 2. The second kappa shape index (κ2) is 7.48. The van der Waals surface area contributed by atoms with Crippen molar-refractivity contribution in [2.24, 2.45) is 0 Å². The van der Waals surface area contributed by atoms with Gasteiger partial charge in [-0.2, -0.15) is 0 Å². The normalized spacial score (nSPS) is 14.8. The number of hydrogen-bond acceptors (Lipinski definition) is 5. The van der Waals surface area contributed by atoms with Crippen LogP contribution in [0.4, 0.5) is 10.2 Å². The number of anilines is 1. The molecule has 8 heteroatoms. The van der Waals surface area contributed by atoms with Crippen molar-refractivity contribution in [2.75, 3.05) is 12.4 Å². The third kappa shape index (κ3) is 3.41. The molecule has 0 saturated heterocycles. The molecule has 3 aromatic rings. The van der Waals surface area contributed by atoms with E-state index in [2.05, 4.69) is 10.3 Å². The minimum Gasteiger partial charge on any atom is -0.469 e. The number of imidazole rings is 1. The first-order valence-corrected chi connectivity index (χ1v) is 10.1. The molecule has 27 heavy (non-hydrogen) atoms. The Hall–Kier alpha value is -2.12. The molecular formula is C19H19ClFN3O2S. The fraction of sp³-hybridized carbons (Fsp3) is 0.368. The molecular weight excluding hydrogens is 389 g/mol. The molecule has 1 aromatic carbocycles. The van der Waals surface area contributed by atoms with Gasteiger partial charge in [0.2, 0.25) is 0 Å². The molecule has 1 fully saturated rings. The molecule has 0 unspecified atom stereocenters. The van der Waals surface area contributed by atoms with Crippen LogP contribution in [0.3, 0.4) is 0 Å². The quantitative estimate of drug-likeness (QED) is 0.609. The van der Waals surface area contributed by atoms with Gasteiger partial charge in [-0.25, -0.2) is 9.37 Å². The molecule has 0 amide bonds. The summed E-state index contributed by atoms with van der Waals surface area (Å²) in [6.07, 6.45) is 4.54. The van der Waals surface area contributed by atoms with E-state index in [1.165, 1.54) is 24.5 Å². The first kappa shape index (κ1) is 18.3. The molecule has 1 N–H and O–H groups in total. The van der Waals surface area contributed by atoms with Crippen LogP contribution in [0.15, 0.2) is 23.6 Å². The highest BCUT2D eigenvalue weighted by molar-refractivity contribution is 7.15. The van der Waals surface area contributed by atoms with Crippen molar-refractivity contribution in [2.45, 2.75) is 38.1 Å². The Labute approximate surface area is 165 Å². The van der Waals surface area contributed by atoms with Crippen LogP contribution in [0.25, 0.3) is 16.2 Å². The fourth-order valence-corrected chi connectivity index (χ4v) is 4.70. The molecule has 1 aliphatic rings. The molecule has 4 rings (SSSR count). The number of thiazole rings is 1. The summed E-state index contributed by atoms with van der Waals surface area (Å²) in [7, 11) is 1.36. The summed E-state index contributed by atoms with van der Waals surface area (Å²) in [5.41, 5.74) is 1.51. The molecule has 1 aliphatic carbocycles. The molecule has 0 bridgehead atoms. The van der Waals surface area contributed by atoms with E-state index in [1.54, 1.807) is 12.1 Å². The zero-order chi connectivity index (χ0) is 19.0. The Bertz CT molecular complexity index is 974. The summed E-state index contributed by atoms with van der Waals surface area (Å²) in [4.78, 5) is 17.1. The first-order valence-electron chi connectivity index (χ1n) is 8.85. The average Bonchev–Trinajstić information content (AvgIpc) is 3.35. The summed E-state index contributed by atoms with van der Waals surface area (Å²) < 4.78 is 21.3. The highest BCUT2D eigenvalue weighted by Crippen LogP contribution is 2.39. The van der Waals surface area contributed by atoms with E-state index in [-0.39, 0.29) is 18.0 Å². The lowest BCUT2D eigenvalue weighted by Gasteiger charge is -2.16. The molecule has 0 spiro atoms. The molecule has 0 aliphatic heterocycles. The van der Waals surface area contributed by atoms with Gasteiger partial charge in [-0.05, 0) is 25.0 Å². The van der Waals surface area contributed by atoms with Gasteiger partial charge in [-0.15, -0.1) is 11.3 Å². The molecule has 142 valence electrons. The number of ether oxygens (including phenoxy) is 1. The summed E-state index contributed by atoms with van der Waals surface area (Å²) in [6, 6.07) is 4.90. The lowest BCUT2D eigenvalue weighted by Crippen LogP contribution is -2.17. The molecule has 0 radical (unpaired) electrons. The van der Waals surface area contributed by atoms with E-state index in [0.717, 1.165) is 31.4 Å². The summed E-state index contributed by atoms with van der Waals surface area (Å²) in [5.74, 6) is -0.0676. The zero-order valence-electron chi connectivity index (χ0n) is 14.8. The van der Waals surface area contributed by atoms with Gasteiger partial charge in [0.1, 0.15) is 17.3 Å². The minimum absolute atomic E-state index is 0.122. The minimum atomic E-state index is -0.419. The highest BCUT2D eigenvalue weighted by Gasteiger charge is 2.26. The summed E-state index contributed by atoms with van der Waals surface area (Å²) >= 11 is 7.71. The maximum absolute atomic E-state index is 14.6. The van der Waals surface area contributed by atoms with Gasteiger partial charge in [0.05, 0.1) is 24.1 Å². The number of halogens is 2. The van der Waals surface area contributed by atoms with Gasteiger partial charge in [0, 0.05) is 17.1 Å². The second-order valence-electron chi connectivity index (χ2n) is 6.63. The standard InChI is InChI=1S/C19H19ClFN3O2S/c1-26-15(25)9-12-10-27-19-23-17(16-13(20)7-4-8-14(16)21)18(24(12)19)22-11-5-2-3-6-11/h4,7-8,10-11,22H,2-3,5-6,9H2,1H3. The van der Waals surface area contributed by atoms with Gasteiger partial charge in [-0.1, -0.05) is 30.5 Å². The third-order valence-corrected chi connectivity index (χ3v) is 6.07. The second-order valence-corrected chi connectivity index (χ2v) is 7.87. The fourth-order valence-electron chi connectivity index (χ4n) is 3.55. The summed E-state index contributed by atoms with van der Waals surface area (Å²) in [5, 5.41) is 5.72. The smallest absolute Gasteiger partial charge is 0.311 e. The van der Waals surface area contributed by atoms with E-state index in [4.69, 9.17) is 16.3 Å². The van der Waals surface area contributed by atoms with Crippen molar-refractivity contribution in [3.05, 3.63) is 40.1 Å². The van der Waals surface area contributed by atoms with Crippen LogP contribution in [0.2, 0.25) is 5.02 Å². The summed E-state index contributed by atoms with van der Waals surface area (Å²) in [6.45, 7) is 0. The maximum Gasteiger partial charge on any atom is 0.311 e. The van der Waals surface area contributed by atoms with E-state index in [1.807, 2.05) is 9.78 Å². The molecule has 0 atom stereocenters. The third-order valence-electron chi connectivity index (χ3n) is 4.88. The Morgan fingerprint density at radius 1 is 1.44 bits per heavy atom. The Morgan fingerprint density at radius 3 is 2.93 bits per heavy atom. The first-order chi connectivity index (χ1) is 13.1. The van der Waals surface area contributed by atoms with Crippen molar-refractivity contribution >= 4 is 39.7 Å². The SMILES string of the molecule is COC(=O)Cc1csc2nc(-c3c(F)cccc3Cl)c(NC3CCCC3)n12. The largest absolute Gasteiger partial charge is 0.469 e. The van der Waals surface area contributed by atoms with Crippen molar-refractivity contribution < 1.29 is 13.9 Å². The topological polar surface area (TPSA) is 55.6 Å². The van der Waals surface area contributed by atoms with E-state index in [0.29, 0.717) is 27.5 Å². The van der Waals surface area contributed by atoms with Crippen LogP contribution in [0.1, 0.15) is 31.4 Å². The Balaban J connectivity index is 1.88. The number of carbonyl (C=O) groups is 1. The van der Waals surface area contributed by atoms with Crippen LogP contribution in [0.5, 0.6) is 0 Å². The Kier molecular flexibility index (Phi) is 5.06. The number of esters is 1. The van der Waals surface area contributed by atoms with Crippen molar-refractivity contribution in [3.8, 4) is 11.3 Å². The maximum atomic E-state index is 14.6. The van der Waals surface area contributed by atoms with Crippen molar-refractivity contribution in [1.82, 2.24) is 9.38 Å². The van der Waals surface area contributed by atoms with E-state index in [9.17, 15) is 9.18 Å². The molecule has 1 saturated carbocycles. The van der Waals surface area contributed by atoms with Gasteiger partial charge >= 0.3 is 5.97 Å². The highest BCUT2D eigenvalue weighted by atomic mass is 35.5. The van der Waals surface area contributed by atoms with E-state index < -0.39 is 5.82 Å². The molecule has 2 aromatic heterocycles. The number of nitrogens with one attached hydrogen (secondary N) is 1. The van der Waals surface area contributed by atoms with Gasteiger partial charge in [-0.3, -0.25) is 9.20 Å². The van der Waals surface area contributed by atoms with Crippen LogP contribution in [0, 0.1) is 5.82 Å². The number of fused-ring (bicyclic) bond motifs is 1. The number of methoxy groups -OCH3 is 1. The van der Waals surface area contributed by atoms with Crippen molar-refractivity contribution in [1.29, 1.82) is 0 Å². The van der Waals surface area contributed by atoms with Gasteiger partial charge < -0.3 is 10.1 Å². The predicted octanol–water partition coefficient (Wildman–Crippen LogP) is 4.93. The lowest BCUT2D eigenvalue weighted by atomic mass is 10.1. The molecule has 2 heterocycles.